The quantitative estimate of drug-likeness (QED) is 0.611. The smallest absolute Gasteiger partial charge is 0.276 e. The Labute approximate surface area is 181 Å². The number of rotatable bonds is 4. The lowest BCUT2D eigenvalue weighted by atomic mass is 10.2. The van der Waals surface area contributed by atoms with E-state index >= 15 is 0 Å². The second kappa shape index (κ2) is 8.49. The van der Waals surface area contributed by atoms with Gasteiger partial charge in [-0.15, -0.1) is 11.3 Å². The number of halogens is 2. The van der Waals surface area contributed by atoms with Gasteiger partial charge in [0, 0.05) is 29.1 Å². The maximum atomic E-state index is 12.6. The molecule has 3 aromatic rings. The van der Waals surface area contributed by atoms with Crippen molar-refractivity contribution in [2.45, 2.75) is 12.8 Å². The Hall–Kier alpha value is -2.48. The molecule has 0 atom stereocenters. The zero-order valence-corrected chi connectivity index (χ0v) is 17.5. The van der Waals surface area contributed by atoms with Crippen LogP contribution in [0.4, 0.5) is 5.13 Å². The molecule has 1 N–H and O–H groups in total. The van der Waals surface area contributed by atoms with E-state index in [1.54, 1.807) is 46.7 Å². The number of thiazole rings is 1. The summed E-state index contributed by atoms with van der Waals surface area (Å²) in [5.74, 6) is -0.580. The number of benzene rings is 1. The van der Waals surface area contributed by atoms with Gasteiger partial charge in [-0.1, -0.05) is 29.3 Å². The van der Waals surface area contributed by atoms with E-state index in [4.69, 9.17) is 23.2 Å². The monoisotopic (exact) mass is 446 g/mol. The Morgan fingerprint density at radius 2 is 1.79 bits per heavy atom. The van der Waals surface area contributed by atoms with Crippen LogP contribution in [-0.2, 0) is 0 Å². The molecule has 1 aliphatic heterocycles. The van der Waals surface area contributed by atoms with Crippen LogP contribution < -0.4 is 5.32 Å². The van der Waals surface area contributed by atoms with Gasteiger partial charge >= 0.3 is 0 Å². The number of hydrogen-bond acceptors (Lipinski definition) is 5. The van der Waals surface area contributed by atoms with Crippen LogP contribution in [0, 0.1) is 0 Å². The number of nitrogens with zero attached hydrogens (tertiary/aromatic N) is 3. The number of amides is 2. The fourth-order valence-corrected chi connectivity index (χ4v) is 4.16. The van der Waals surface area contributed by atoms with Gasteiger partial charge in [0.1, 0.15) is 11.4 Å². The van der Waals surface area contributed by atoms with Crippen molar-refractivity contribution < 1.29 is 9.59 Å². The Kier molecular flexibility index (Phi) is 5.80. The summed E-state index contributed by atoms with van der Waals surface area (Å²) in [7, 11) is 0. The minimum atomic E-state index is -0.431. The summed E-state index contributed by atoms with van der Waals surface area (Å²) in [6.45, 7) is 1.45. The van der Waals surface area contributed by atoms with Crippen LogP contribution in [0.15, 0.2) is 41.8 Å². The Balaban J connectivity index is 1.50. The van der Waals surface area contributed by atoms with Crippen molar-refractivity contribution in [2.75, 3.05) is 18.4 Å². The molecule has 0 saturated carbocycles. The summed E-state index contributed by atoms with van der Waals surface area (Å²) in [6.07, 6.45) is 1.99. The summed E-state index contributed by atoms with van der Waals surface area (Å²) in [5, 5.41) is 5.98. The standard InChI is InChI=1S/C20H16Cl2N4O2S/c21-12-6-7-14(22)13(10-12)17-11-29-20(24-17)25-18(27)15-4-3-5-16(23-15)19(28)26-8-1-2-9-26/h3-7,10-11H,1-2,8-9H2,(H,24,25,27). The normalized spacial score (nSPS) is 13.5. The van der Waals surface area contributed by atoms with Gasteiger partial charge in [0.15, 0.2) is 5.13 Å². The largest absolute Gasteiger partial charge is 0.337 e. The van der Waals surface area contributed by atoms with Gasteiger partial charge in [-0.2, -0.15) is 0 Å². The molecule has 2 aromatic heterocycles. The van der Waals surface area contributed by atoms with Crippen molar-refractivity contribution in [3.05, 3.63) is 63.2 Å². The molecule has 1 saturated heterocycles. The van der Waals surface area contributed by atoms with Gasteiger partial charge < -0.3 is 4.90 Å². The van der Waals surface area contributed by atoms with Gasteiger partial charge in [-0.05, 0) is 43.2 Å². The number of pyridine rings is 1. The fourth-order valence-electron chi connectivity index (χ4n) is 3.07. The number of hydrogen-bond donors (Lipinski definition) is 1. The number of carbonyl (C=O) groups excluding carboxylic acids is 2. The third kappa shape index (κ3) is 4.42. The second-order valence-corrected chi connectivity index (χ2v) is 8.23. The molecular weight excluding hydrogens is 431 g/mol. The molecule has 29 heavy (non-hydrogen) atoms. The molecular formula is C20H16Cl2N4O2S. The van der Waals surface area contributed by atoms with E-state index in [1.165, 1.54) is 11.3 Å². The van der Waals surface area contributed by atoms with Crippen LogP contribution in [0.1, 0.15) is 33.8 Å². The highest BCUT2D eigenvalue weighted by molar-refractivity contribution is 7.14. The summed E-state index contributed by atoms with van der Waals surface area (Å²) in [6, 6.07) is 9.97. The van der Waals surface area contributed by atoms with Gasteiger partial charge in [0.25, 0.3) is 11.8 Å². The van der Waals surface area contributed by atoms with Crippen molar-refractivity contribution in [1.29, 1.82) is 0 Å². The molecule has 1 fully saturated rings. The number of nitrogens with one attached hydrogen (secondary N) is 1. The molecule has 3 heterocycles. The van der Waals surface area contributed by atoms with Crippen LogP contribution in [0.5, 0.6) is 0 Å². The van der Waals surface area contributed by atoms with Gasteiger partial charge in [0.2, 0.25) is 0 Å². The molecule has 0 aliphatic carbocycles. The van der Waals surface area contributed by atoms with Crippen molar-refractivity contribution in [2.24, 2.45) is 0 Å². The Morgan fingerprint density at radius 3 is 2.59 bits per heavy atom. The van der Waals surface area contributed by atoms with Gasteiger partial charge in [0.05, 0.1) is 10.7 Å². The molecule has 4 rings (SSSR count). The van der Waals surface area contributed by atoms with Crippen molar-refractivity contribution in [3.63, 3.8) is 0 Å². The molecule has 1 aliphatic rings. The summed E-state index contributed by atoms with van der Waals surface area (Å²) >= 11 is 13.5. The molecule has 2 amide bonds. The maximum absolute atomic E-state index is 12.6. The van der Waals surface area contributed by atoms with Gasteiger partial charge in [-0.25, -0.2) is 9.97 Å². The third-order valence-corrected chi connectivity index (χ3v) is 5.85. The first-order valence-electron chi connectivity index (χ1n) is 9.00. The highest BCUT2D eigenvalue weighted by Gasteiger charge is 2.21. The van der Waals surface area contributed by atoms with E-state index < -0.39 is 5.91 Å². The average Bonchev–Trinajstić information content (AvgIpc) is 3.41. The van der Waals surface area contributed by atoms with E-state index in [9.17, 15) is 9.59 Å². The number of likely N-dealkylation sites (tertiary alicyclic amines) is 1. The van der Waals surface area contributed by atoms with Crippen LogP contribution >= 0.6 is 34.5 Å². The van der Waals surface area contributed by atoms with Crippen molar-refractivity contribution in [1.82, 2.24) is 14.9 Å². The fraction of sp³-hybridized carbons (Fsp3) is 0.200. The second-order valence-electron chi connectivity index (χ2n) is 6.52. The van der Waals surface area contributed by atoms with Gasteiger partial charge in [-0.3, -0.25) is 14.9 Å². The minimum Gasteiger partial charge on any atom is -0.337 e. The van der Waals surface area contributed by atoms with Crippen LogP contribution in [-0.4, -0.2) is 39.8 Å². The van der Waals surface area contributed by atoms with Crippen LogP contribution in [0.25, 0.3) is 11.3 Å². The molecule has 9 heteroatoms. The van der Waals surface area contributed by atoms with E-state index in [0.717, 1.165) is 25.9 Å². The minimum absolute atomic E-state index is 0.149. The molecule has 0 spiro atoms. The highest BCUT2D eigenvalue weighted by Crippen LogP contribution is 2.32. The van der Waals surface area contributed by atoms with Crippen molar-refractivity contribution >= 4 is 51.5 Å². The lowest BCUT2D eigenvalue weighted by Gasteiger charge is -2.14. The van der Waals surface area contributed by atoms with Crippen molar-refractivity contribution in [3.8, 4) is 11.3 Å². The van der Waals surface area contributed by atoms with E-state index in [0.29, 0.717) is 26.4 Å². The van der Waals surface area contributed by atoms with Crippen LogP contribution in [0.3, 0.4) is 0 Å². The first-order valence-corrected chi connectivity index (χ1v) is 10.6. The molecule has 6 nitrogen and oxygen atoms in total. The zero-order chi connectivity index (χ0) is 20.4. The zero-order valence-electron chi connectivity index (χ0n) is 15.2. The molecule has 148 valence electrons. The lowest BCUT2D eigenvalue weighted by Crippen LogP contribution is -2.29. The summed E-state index contributed by atoms with van der Waals surface area (Å²) in [4.78, 5) is 35.5. The lowest BCUT2D eigenvalue weighted by molar-refractivity contribution is 0.0787. The topological polar surface area (TPSA) is 75.2 Å². The van der Waals surface area contributed by atoms with E-state index in [2.05, 4.69) is 15.3 Å². The highest BCUT2D eigenvalue weighted by atomic mass is 35.5. The Morgan fingerprint density at radius 1 is 1.03 bits per heavy atom. The number of anilines is 1. The molecule has 0 bridgehead atoms. The molecule has 1 aromatic carbocycles. The first-order chi connectivity index (χ1) is 14.0. The third-order valence-electron chi connectivity index (χ3n) is 4.52. The van der Waals surface area contributed by atoms with Crippen LogP contribution in [0.2, 0.25) is 10.0 Å². The molecule has 0 unspecified atom stereocenters. The van der Waals surface area contributed by atoms with E-state index in [-0.39, 0.29) is 17.3 Å². The molecule has 0 radical (unpaired) electrons. The average molecular weight is 447 g/mol. The first kappa shape index (κ1) is 19.8. The number of aromatic nitrogens is 2. The van der Waals surface area contributed by atoms with E-state index in [1.807, 2.05) is 0 Å². The summed E-state index contributed by atoms with van der Waals surface area (Å²) < 4.78 is 0. The SMILES string of the molecule is O=C(Nc1nc(-c2cc(Cl)ccc2Cl)cs1)c1cccc(C(=O)N2CCCC2)n1. The maximum Gasteiger partial charge on any atom is 0.276 e. The predicted molar refractivity (Wildman–Crippen MR) is 115 cm³/mol. The number of carbonyl (C=O) groups is 2. The summed E-state index contributed by atoms with van der Waals surface area (Å²) in [5.41, 5.74) is 1.73. The predicted octanol–water partition coefficient (Wildman–Crippen LogP) is 5.00. The Bertz CT molecular complexity index is 1080.